The third kappa shape index (κ3) is 2.93. The Balaban J connectivity index is 1.82. The number of nitrogens with zero attached hydrogens (tertiary/aromatic N) is 3. The molecule has 0 spiro atoms. The first-order chi connectivity index (χ1) is 14.8. The second-order valence-corrected chi connectivity index (χ2v) is 6.71. The van der Waals surface area contributed by atoms with Gasteiger partial charge in [0.15, 0.2) is 0 Å². The molecule has 5 rings (SSSR count). The molecule has 0 saturated heterocycles. The highest BCUT2D eigenvalue weighted by Gasteiger charge is 2.21. The predicted octanol–water partition coefficient (Wildman–Crippen LogP) is 4.05. The van der Waals surface area contributed by atoms with E-state index in [0.29, 0.717) is 22.8 Å². The van der Waals surface area contributed by atoms with E-state index in [4.69, 9.17) is 4.74 Å². The van der Waals surface area contributed by atoms with Crippen molar-refractivity contribution in [3.05, 3.63) is 83.5 Å². The molecule has 0 aliphatic rings. The molecule has 0 fully saturated rings. The number of hydrogen-bond donors (Lipinski definition) is 2. The first-order valence-electron chi connectivity index (χ1n) is 9.37. The highest BCUT2D eigenvalue weighted by molar-refractivity contribution is 6.04. The van der Waals surface area contributed by atoms with Gasteiger partial charge in [-0.1, -0.05) is 18.2 Å². The maximum atomic E-state index is 12.8. The van der Waals surface area contributed by atoms with Gasteiger partial charge in [-0.25, -0.2) is 10.1 Å². The molecule has 7 nitrogen and oxygen atoms in total. The third-order valence-corrected chi connectivity index (χ3v) is 4.99. The van der Waals surface area contributed by atoms with E-state index in [-0.39, 0.29) is 5.56 Å². The Bertz CT molecular complexity index is 1410. The Morgan fingerprint density at radius 3 is 2.60 bits per heavy atom. The van der Waals surface area contributed by atoms with Crippen molar-refractivity contribution in [3.8, 4) is 39.5 Å². The number of methoxy groups -OCH3 is 1. The van der Waals surface area contributed by atoms with Gasteiger partial charge in [0.25, 0.3) is 5.56 Å². The zero-order chi connectivity index (χ0) is 20.5. The molecule has 0 aliphatic heterocycles. The Labute approximate surface area is 171 Å². The first kappa shape index (κ1) is 17.8. The summed E-state index contributed by atoms with van der Waals surface area (Å²) < 4.78 is 5.50. The fraction of sp³-hybridized carbons (Fsp3) is 0.0435. The van der Waals surface area contributed by atoms with Crippen LogP contribution in [-0.2, 0) is 0 Å². The van der Waals surface area contributed by atoms with Crippen LogP contribution in [0.2, 0.25) is 0 Å². The minimum absolute atomic E-state index is 0.288. The molecule has 0 saturated carbocycles. The summed E-state index contributed by atoms with van der Waals surface area (Å²) in [5, 5.41) is 7.81. The van der Waals surface area contributed by atoms with Crippen LogP contribution in [0.4, 0.5) is 0 Å². The smallest absolute Gasteiger partial charge is 0.273 e. The van der Waals surface area contributed by atoms with E-state index in [1.54, 1.807) is 31.8 Å². The van der Waals surface area contributed by atoms with Crippen molar-refractivity contribution in [3.63, 3.8) is 0 Å². The van der Waals surface area contributed by atoms with E-state index in [0.717, 1.165) is 27.6 Å². The van der Waals surface area contributed by atoms with Crippen LogP contribution in [-0.4, -0.2) is 32.3 Å². The molecule has 5 aromatic rings. The first-order valence-corrected chi connectivity index (χ1v) is 9.37. The summed E-state index contributed by atoms with van der Waals surface area (Å²) in [5.74, 6) is 0.489. The summed E-state index contributed by atoms with van der Waals surface area (Å²) in [7, 11) is 1.58. The number of aromatic nitrogens is 5. The lowest BCUT2D eigenvalue weighted by atomic mass is 9.99. The molecular weight excluding hydrogens is 378 g/mol. The number of fused-ring (bicyclic) bond motifs is 1. The number of nitrogens with one attached hydrogen (secondary N) is 2. The summed E-state index contributed by atoms with van der Waals surface area (Å²) in [6, 6.07) is 17.2. The molecule has 0 unspecified atom stereocenters. The summed E-state index contributed by atoms with van der Waals surface area (Å²) in [6.07, 6.45) is 5.06. The standard InChI is InChI=1S/C23H17N5O2/c1-30-23-16(6-4-10-25-23)20-15-5-2-3-7-18(15)26-21(20)17-13-19(27-28-22(17)29)14-8-11-24-12-9-14/h2-13,26H,1H3,(H,28,29). The number of H-pyrrole nitrogens is 2. The maximum absolute atomic E-state index is 12.8. The lowest BCUT2D eigenvalue weighted by molar-refractivity contribution is 0.400. The highest BCUT2D eigenvalue weighted by atomic mass is 16.5. The fourth-order valence-corrected chi connectivity index (χ4v) is 3.63. The van der Waals surface area contributed by atoms with Gasteiger partial charge in [0, 0.05) is 46.2 Å². The Hall–Kier alpha value is -4.26. The van der Waals surface area contributed by atoms with Crippen molar-refractivity contribution in [1.82, 2.24) is 25.1 Å². The van der Waals surface area contributed by atoms with E-state index in [2.05, 4.69) is 25.1 Å². The van der Waals surface area contributed by atoms with E-state index >= 15 is 0 Å². The molecular formula is C23H17N5O2. The van der Waals surface area contributed by atoms with Gasteiger partial charge in [-0.15, -0.1) is 0 Å². The van der Waals surface area contributed by atoms with Crippen LogP contribution in [0, 0.1) is 0 Å². The Kier molecular flexibility index (Phi) is 4.33. The van der Waals surface area contributed by atoms with Crippen molar-refractivity contribution in [2.75, 3.05) is 7.11 Å². The zero-order valence-electron chi connectivity index (χ0n) is 16.1. The molecule has 30 heavy (non-hydrogen) atoms. The minimum atomic E-state index is -0.288. The minimum Gasteiger partial charge on any atom is -0.481 e. The van der Waals surface area contributed by atoms with Crippen molar-refractivity contribution < 1.29 is 4.74 Å². The number of ether oxygens (including phenoxy) is 1. The summed E-state index contributed by atoms with van der Waals surface area (Å²) in [4.78, 5) is 24.6. The summed E-state index contributed by atoms with van der Waals surface area (Å²) in [6.45, 7) is 0. The molecule has 146 valence electrons. The van der Waals surface area contributed by atoms with Gasteiger partial charge in [-0.3, -0.25) is 9.78 Å². The van der Waals surface area contributed by atoms with Gasteiger partial charge < -0.3 is 9.72 Å². The molecule has 2 N–H and O–H groups in total. The Morgan fingerprint density at radius 1 is 0.933 bits per heavy atom. The highest BCUT2D eigenvalue weighted by Crippen LogP contribution is 2.40. The van der Waals surface area contributed by atoms with Crippen LogP contribution in [0.5, 0.6) is 5.88 Å². The largest absolute Gasteiger partial charge is 0.481 e. The van der Waals surface area contributed by atoms with E-state index in [9.17, 15) is 4.79 Å². The second kappa shape index (κ2) is 7.29. The SMILES string of the molecule is COc1ncccc1-c1c(-c2cc(-c3ccncc3)n[nH]c2=O)[nH]c2ccccc12. The molecule has 0 atom stereocenters. The monoisotopic (exact) mass is 395 g/mol. The Morgan fingerprint density at radius 2 is 1.77 bits per heavy atom. The van der Waals surface area contributed by atoms with Gasteiger partial charge in [-0.2, -0.15) is 5.10 Å². The number of para-hydroxylation sites is 1. The van der Waals surface area contributed by atoms with Crippen LogP contribution >= 0.6 is 0 Å². The molecule has 4 heterocycles. The molecule has 7 heteroatoms. The summed E-state index contributed by atoms with van der Waals surface area (Å²) in [5.41, 5.74) is 4.95. The molecule has 0 bridgehead atoms. The van der Waals surface area contributed by atoms with E-state index < -0.39 is 0 Å². The predicted molar refractivity (Wildman–Crippen MR) is 115 cm³/mol. The fourth-order valence-electron chi connectivity index (χ4n) is 3.63. The lowest BCUT2D eigenvalue weighted by Gasteiger charge is -2.09. The van der Waals surface area contributed by atoms with Gasteiger partial charge >= 0.3 is 0 Å². The molecule has 0 amide bonds. The van der Waals surface area contributed by atoms with Gasteiger partial charge in [-0.05, 0) is 36.4 Å². The normalized spacial score (nSPS) is 11.0. The number of benzene rings is 1. The average Bonchev–Trinajstić information content (AvgIpc) is 3.19. The van der Waals surface area contributed by atoms with E-state index in [1.165, 1.54) is 0 Å². The number of rotatable bonds is 4. The van der Waals surface area contributed by atoms with Gasteiger partial charge in [0.2, 0.25) is 5.88 Å². The maximum Gasteiger partial charge on any atom is 0.273 e. The van der Waals surface area contributed by atoms with Crippen LogP contribution in [0.1, 0.15) is 0 Å². The molecule has 1 aromatic carbocycles. The van der Waals surface area contributed by atoms with Crippen LogP contribution in [0.3, 0.4) is 0 Å². The number of pyridine rings is 2. The lowest BCUT2D eigenvalue weighted by Crippen LogP contribution is -2.12. The van der Waals surface area contributed by atoms with Crippen LogP contribution < -0.4 is 10.3 Å². The summed E-state index contributed by atoms with van der Waals surface area (Å²) >= 11 is 0. The molecule has 4 aromatic heterocycles. The topological polar surface area (TPSA) is 96.6 Å². The van der Waals surface area contributed by atoms with Gasteiger partial charge in [0.1, 0.15) is 0 Å². The second-order valence-electron chi connectivity index (χ2n) is 6.71. The van der Waals surface area contributed by atoms with Crippen molar-refractivity contribution in [1.29, 1.82) is 0 Å². The van der Waals surface area contributed by atoms with Gasteiger partial charge in [0.05, 0.1) is 24.1 Å². The van der Waals surface area contributed by atoms with Crippen molar-refractivity contribution >= 4 is 10.9 Å². The third-order valence-electron chi connectivity index (χ3n) is 4.99. The van der Waals surface area contributed by atoms with Crippen LogP contribution in [0.15, 0.2) is 78.0 Å². The quantitative estimate of drug-likeness (QED) is 0.478. The van der Waals surface area contributed by atoms with E-state index in [1.807, 2.05) is 48.5 Å². The number of aromatic amines is 2. The average molecular weight is 395 g/mol. The molecule has 0 aliphatic carbocycles. The van der Waals surface area contributed by atoms with Crippen molar-refractivity contribution in [2.24, 2.45) is 0 Å². The van der Waals surface area contributed by atoms with Crippen molar-refractivity contribution in [2.45, 2.75) is 0 Å². The molecule has 0 radical (unpaired) electrons. The number of hydrogen-bond acceptors (Lipinski definition) is 5. The zero-order valence-corrected chi connectivity index (χ0v) is 16.1. The van der Waals surface area contributed by atoms with Crippen LogP contribution in [0.25, 0.3) is 44.5 Å².